The molecule has 0 amide bonds. The number of allylic oxidation sites excluding steroid dienone is 4. The van der Waals surface area contributed by atoms with Gasteiger partial charge in [-0.1, -0.05) is 37.6 Å². The Bertz CT molecular complexity index is 132. The van der Waals surface area contributed by atoms with Crippen molar-refractivity contribution >= 4 is 0 Å². The Labute approximate surface area is 59.7 Å². The summed E-state index contributed by atoms with van der Waals surface area (Å²) in [5.74, 6) is 0. The predicted octanol–water partition coefficient (Wildman–Crippen LogP) is 3.31. The highest BCUT2D eigenvalue weighted by Crippen LogP contribution is 1.97. The Hall–Kier alpha value is -0.520. The number of hydrogen-bond acceptors (Lipinski definition) is 0. The second-order valence-electron chi connectivity index (χ2n) is 2.08. The second kappa shape index (κ2) is 5.61. The summed E-state index contributed by atoms with van der Waals surface area (Å²) in [6.45, 7) is 6.08. The molecule has 9 heavy (non-hydrogen) atoms. The molecule has 0 aromatic heterocycles. The second-order valence-corrected chi connectivity index (χ2v) is 2.08. The van der Waals surface area contributed by atoms with E-state index in [4.69, 9.17) is 1.37 Å². The summed E-state index contributed by atoms with van der Waals surface area (Å²) in [4.78, 5) is 0. The molecule has 52 valence electrons. The minimum absolute atomic E-state index is 0.0825. The maximum Gasteiger partial charge on any atom is 0.0307 e. The topological polar surface area (TPSA) is 0 Å². The molecule has 0 heteroatoms. The lowest BCUT2D eigenvalue weighted by Gasteiger charge is -1.87. The molecule has 0 N–H and O–H groups in total. The largest absolute Gasteiger partial charge is 0.0848 e. The molecule has 0 nitrogen and oxygen atoms in total. The molecule has 0 saturated heterocycles. The van der Waals surface area contributed by atoms with Crippen LogP contribution < -0.4 is 0 Å². The fraction of sp³-hybridized carbons (Fsp3) is 0.556. The molecule has 0 rings (SSSR count). The van der Waals surface area contributed by atoms with Crippen LogP contribution >= 0.6 is 0 Å². The van der Waals surface area contributed by atoms with Gasteiger partial charge >= 0.3 is 0 Å². The van der Waals surface area contributed by atoms with Crippen molar-refractivity contribution in [2.24, 2.45) is 0 Å². The van der Waals surface area contributed by atoms with E-state index in [0.29, 0.717) is 0 Å². The van der Waals surface area contributed by atoms with Crippen LogP contribution in [0.25, 0.3) is 0 Å². The number of rotatable bonds is 3. The van der Waals surface area contributed by atoms with Crippen molar-refractivity contribution in [3.05, 3.63) is 23.8 Å². The van der Waals surface area contributed by atoms with Gasteiger partial charge in [0, 0.05) is 1.37 Å². The Balaban J connectivity index is 3.70. The Morgan fingerprint density at radius 2 is 2.22 bits per heavy atom. The Kier molecular flexibility index (Phi) is 4.12. The van der Waals surface area contributed by atoms with Gasteiger partial charge in [-0.2, -0.15) is 0 Å². The van der Waals surface area contributed by atoms with Crippen LogP contribution in [0.15, 0.2) is 23.8 Å². The maximum absolute atomic E-state index is 7.16. The highest BCUT2D eigenvalue weighted by Gasteiger charge is 1.76. The van der Waals surface area contributed by atoms with E-state index >= 15 is 0 Å². The fourth-order valence-electron chi connectivity index (χ4n) is 0.449. The molecule has 0 bridgehead atoms. The van der Waals surface area contributed by atoms with Crippen LogP contribution in [0.1, 0.15) is 35.0 Å². The molecule has 0 heterocycles. The van der Waals surface area contributed by atoms with Gasteiger partial charge in [0.15, 0.2) is 0 Å². The van der Waals surface area contributed by atoms with Crippen LogP contribution in [0.3, 0.4) is 0 Å². The van der Waals surface area contributed by atoms with Gasteiger partial charge in [0.05, 0.1) is 0 Å². The molecule has 0 spiro atoms. The van der Waals surface area contributed by atoms with E-state index in [1.165, 1.54) is 5.57 Å². The molecule has 0 fully saturated rings. The van der Waals surface area contributed by atoms with Gasteiger partial charge in [0.2, 0.25) is 0 Å². The van der Waals surface area contributed by atoms with Crippen LogP contribution in [0.2, 0.25) is 0 Å². The zero-order valence-electron chi connectivity index (χ0n) is 7.52. The van der Waals surface area contributed by atoms with Crippen molar-refractivity contribution in [3.8, 4) is 0 Å². The molecule has 0 radical (unpaired) electrons. The van der Waals surface area contributed by atoms with Gasteiger partial charge in [-0.25, -0.2) is 0 Å². The molecular formula is C9H16. The molecule has 0 aliphatic heterocycles. The third-order valence-electron chi connectivity index (χ3n) is 1.24. The van der Waals surface area contributed by atoms with Crippen molar-refractivity contribution in [1.82, 2.24) is 0 Å². The first-order chi connectivity index (χ1) is 4.66. The van der Waals surface area contributed by atoms with Crippen LogP contribution in [0.4, 0.5) is 0 Å². The van der Waals surface area contributed by atoms with Crippen molar-refractivity contribution in [2.75, 3.05) is 0 Å². The first-order valence-corrected chi connectivity index (χ1v) is 3.43. The Morgan fingerprint density at radius 3 is 2.67 bits per heavy atom. The molecule has 0 aliphatic carbocycles. The lowest BCUT2D eigenvalue weighted by Crippen LogP contribution is -1.66. The molecular weight excluding hydrogens is 108 g/mol. The van der Waals surface area contributed by atoms with Gasteiger partial charge in [-0.3, -0.25) is 0 Å². The third kappa shape index (κ3) is 5.35. The molecule has 0 aliphatic rings. The van der Waals surface area contributed by atoms with Crippen LogP contribution in [-0.2, 0) is 0 Å². The van der Waals surface area contributed by atoms with Gasteiger partial charge in [-0.15, -0.1) is 0 Å². The zero-order chi connectivity index (χ0) is 7.98. The normalized spacial score (nSPS) is 18.1. The quantitative estimate of drug-likeness (QED) is 0.508. The highest BCUT2D eigenvalue weighted by atomic mass is 13.8. The van der Waals surface area contributed by atoms with Gasteiger partial charge in [-0.05, 0) is 19.7 Å². The SMILES string of the molecule is [2H][C@H](C)/C=C/C=C(\C)CC. The maximum atomic E-state index is 7.16. The Morgan fingerprint density at radius 1 is 1.56 bits per heavy atom. The average molecular weight is 125 g/mol. The molecule has 1 atom stereocenters. The minimum Gasteiger partial charge on any atom is -0.0848 e. The van der Waals surface area contributed by atoms with Crippen molar-refractivity contribution in [1.29, 1.82) is 0 Å². The average Bonchev–Trinajstić information content (AvgIpc) is 1.87. The predicted molar refractivity (Wildman–Crippen MR) is 43.5 cm³/mol. The van der Waals surface area contributed by atoms with Gasteiger partial charge in [0.25, 0.3) is 0 Å². The standard InChI is InChI=1S/C9H16/c1-4-6-7-8-9(3)5-2/h6-8H,4-5H2,1-3H3/b7-6+,9-8+/i4D/t4-/m1/s1. The zero-order valence-corrected chi connectivity index (χ0v) is 6.52. The van der Waals surface area contributed by atoms with E-state index in [1.54, 1.807) is 0 Å². The van der Waals surface area contributed by atoms with E-state index in [1.807, 2.05) is 19.1 Å². The number of hydrogen-bond donors (Lipinski definition) is 0. The van der Waals surface area contributed by atoms with E-state index in [9.17, 15) is 0 Å². The molecule has 0 saturated carbocycles. The van der Waals surface area contributed by atoms with Gasteiger partial charge in [0.1, 0.15) is 0 Å². The van der Waals surface area contributed by atoms with Crippen LogP contribution in [0.5, 0.6) is 0 Å². The highest BCUT2D eigenvalue weighted by molar-refractivity contribution is 5.09. The van der Waals surface area contributed by atoms with Crippen molar-refractivity contribution < 1.29 is 1.37 Å². The van der Waals surface area contributed by atoms with Crippen molar-refractivity contribution in [3.63, 3.8) is 0 Å². The van der Waals surface area contributed by atoms with Crippen LogP contribution in [-0.4, -0.2) is 0 Å². The fourth-order valence-corrected chi connectivity index (χ4v) is 0.449. The summed E-state index contributed by atoms with van der Waals surface area (Å²) < 4.78 is 7.16. The lowest BCUT2D eigenvalue weighted by atomic mass is 10.2. The minimum atomic E-state index is -0.0825. The smallest absolute Gasteiger partial charge is 0.0307 e. The van der Waals surface area contributed by atoms with Crippen molar-refractivity contribution in [2.45, 2.75) is 33.6 Å². The third-order valence-corrected chi connectivity index (χ3v) is 1.24. The van der Waals surface area contributed by atoms with E-state index < -0.39 is 0 Å². The summed E-state index contributed by atoms with van der Waals surface area (Å²) in [5, 5.41) is 0. The summed E-state index contributed by atoms with van der Waals surface area (Å²) in [5.41, 5.74) is 1.36. The summed E-state index contributed by atoms with van der Waals surface area (Å²) in [6, 6.07) is 0. The summed E-state index contributed by atoms with van der Waals surface area (Å²) >= 11 is 0. The van der Waals surface area contributed by atoms with E-state index in [-0.39, 0.29) is 6.40 Å². The summed E-state index contributed by atoms with van der Waals surface area (Å²) in [7, 11) is 0. The van der Waals surface area contributed by atoms with Gasteiger partial charge < -0.3 is 0 Å². The van der Waals surface area contributed by atoms with E-state index in [0.717, 1.165) is 6.42 Å². The summed E-state index contributed by atoms with van der Waals surface area (Å²) in [6.07, 6.45) is 6.90. The van der Waals surface area contributed by atoms with Crippen LogP contribution in [0, 0.1) is 0 Å². The molecule has 0 unspecified atom stereocenters. The molecule has 0 aromatic rings. The van der Waals surface area contributed by atoms with E-state index in [2.05, 4.69) is 19.9 Å². The first-order valence-electron chi connectivity index (χ1n) is 4.00. The lowest BCUT2D eigenvalue weighted by molar-refractivity contribution is 1.10. The molecule has 0 aromatic carbocycles. The monoisotopic (exact) mass is 125 g/mol. The first kappa shape index (κ1) is 6.60.